The van der Waals surface area contributed by atoms with Crippen molar-refractivity contribution in [1.29, 1.82) is 0 Å². The lowest BCUT2D eigenvalue weighted by atomic mass is 10.2. The summed E-state index contributed by atoms with van der Waals surface area (Å²) in [6.45, 7) is 4.34. The second-order valence-electron chi connectivity index (χ2n) is 7.88. The second kappa shape index (κ2) is 11.0. The van der Waals surface area contributed by atoms with Gasteiger partial charge in [0.15, 0.2) is 0 Å². The van der Waals surface area contributed by atoms with Gasteiger partial charge in [0.2, 0.25) is 0 Å². The van der Waals surface area contributed by atoms with E-state index < -0.39 is 0 Å². The number of ether oxygens (including phenoxy) is 1. The van der Waals surface area contributed by atoms with Crippen molar-refractivity contribution in [2.75, 3.05) is 13.2 Å². The molecule has 0 aliphatic heterocycles. The van der Waals surface area contributed by atoms with E-state index in [0.29, 0.717) is 13.2 Å². The van der Waals surface area contributed by atoms with E-state index in [1.165, 1.54) is 22.4 Å². The van der Waals surface area contributed by atoms with Gasteiger partial charge in [0, 0.05) is 19.5 Å². The summed E-state index contributed by atoms with van der Waals surface area (Å²) >= 11 is 1.46. The van der Waals surface area contributed by atoms with Crippen molar-refractivity contribution >= 4 is 28.3 Å². The number of hydrogen-bond donors (Lipinski definition) is 1. The minimum atomic E-state index is 0.00196. The highest BCUT2D eigenvalue weighted by Crippen LogP contribution is 2.19. The Labute approximate surface area is 193 Å². The van der Waals surface area contributed by atoms with Crippen LogP contribution in [0.1, 0.15) is 40.3 Å². The molecule has 2 aromatic heterocycles. The van der Waals surface area contributed by atoms with Gasteiger partial charge in [-0.25, -0.2) is 4.98 Å². The molecule has 2 aromatic carbocycles. The van der Waals surface area contributed by atoms with E-state index in [2.05, 4.69) is 47.1 Å². The van der Waals surface area contributed by atoms with E-state index in [-0.39, 0.29) is 5.91 Å². The summed E-state index contributed by atoms with van der Waals surface area (Å²) in [6, 6.07) is 20.2. The highest BCUT2D eigenvalue weighted by molar-refractivity contribution is 7.12. The molecule has 1 amide bonds. The lowest BCUT2D eigenvalue weighted by Crippen LogP contribution is -2.24. The number of benzene rings is 2. The van der Waals surface area contributed by atoms with Crippen molar-refractivity contribution in [2.45, 2.75) is 39.2 Å². The molecule has 166 valence electrons. The van der Waals surface area contributed by atoms with Crippen LogP contribution in [0.3, 0.4) is 0 Å². The van der Waals surface area contributed by atoms with Gasteiger partial charge in [-0.05, 0) is 67.5 Å². The van der Waals surface area contributed by atoms with Crippen molar-refractivity contribution in [2.24, 2.45) is 0 Å². The standard InChI is InChI=1S/C26H29N3O2S/c1-20-9-6-10-21(19-20)31-17-5-4-16-29-23-12-3-2-11-22(23)28-25(29)14-7-15-27-26(30)24-13-8-18-32-24/h2-3,6,8-13,18-19H,4-5,7,14-17H2,1H3,(H,27,30). The van der Waals surface area contributed by atoms with Crippen LogP contribution in [0.2, 0.25) is 0 Å². The van der Waals surface area contributed by atoms with Crippen molar-refractivity contribution in [3.8, 4) is 5.75 Å². The molecule has 0 atom stereocenters. The largest absolute Gasteiger partial charge is 0.494 e. The molecule has 0 aliphatic carbocycles. The van der Waals surface area contributed by atoms with Crippen LogP contribution >= 0.6 is 11.3 Å². The highest BCUT2D eigenvalue weighted by Gasteiger charge is 2.11. The number of aromatic nitrogens is 2. The van der Waals surface area contributed by atoms with Crippen molar-refractivity contribution in [3.05, 3.63) is 82.3 Å². The molecular formula is C26H29N3O2S. The van der Waals surface area contributed by atoms with E-state index in [0.717, 1.165) is 54.2 Å². The number of nitrogens with one attached hydrogen (secondary N) is 1. The number of rotatable bonds is 11. The Balaban J connectivity index is 1.29. The molecule has 1 N–H and O–H groups in total. The van der Waals surface area contributed by atoms with Crippen LogP contribution in [0.4, 0.5) is 0 Å². The summed E-state index contributed by atoms with van der Waals surface area (Å²) in [5, 5.41) is 4.93. The topological polar surface area (TPSA) is 56.1 Å². The number of para-hydroxylation sites is 2. The molecule has 0 spiro atoms. The molecule has 2 heterocycles. The molecule has 0 fully saturated rings. The zero-order valence-corrected chi connectivity index (χ0v) is 19.2. The number of nitrogens with zero attached hydrogens (tertiary/aromatic N) is 2. The predicted molar refractivity (Wildman–Crippen MR) is 131 cm³/mol. The van der Waals surface area contributed by atoms with Crippen LogP contribution in [0.5, 0.6) is 5.75 Å². The second-order valence-corrected chi connectivity index (χ2v) is 8.82. The summed E-state index contributed by atoms with van der Waals surface area (Å²) in [7, 11) is 0. The molecule has 0 unspecified atom stereocenters. The molecule has 5 nitrogen and oxygen atoms in total. The fourth-order valence-corrected chi connectivity index (χ4v) is 4.42. The molecule has 0 saturated heterocycles. The smallest absolute Gasteiger partial charge is 0.261 e. The maximum absolute atomic E-state index is 12.1. The Hall–Kier alpha value is -3.12. The number of thiophene rings is 1. The number of carbonyl (C=O) groups is 1. The van der Waals surface area contributed by atoms with E-state index in [1.807, 2.05) is 35.7 Å². The minimum Gasteiger partial charge on any atom is -0.494 e. The van der Waals surface area contributed by atoms with Gasteiger partial charge in [-0.1, -0.05) is 30.3 Å². The average molecular weight is 448 g/mol. The SMILES string of the molecule is Cc1cccc(OCCCCn2c(CCCNC(=O)c3cccs3)nc3ccccc32)c1. The summed E-state index contributed by atoms with van der Waals surface area (Å²) in [6.07, 6.45) is 3.70. The van der Waals surface area contributed by atoms with Crippen LogP contribution in [0.25, 0.3) is 11.0 Å². The fraction of sp³-hybridized carbons (Fsp3) is 0.308. The molecular weight excluding hydrogens is 418 g/mol. The van der Waals surface area contributed by atoms with Crippen molar-refractivity contribution < 1.29 is 9.53 Å². The quantitative estimate of drug-likeness (QED) is 0.303. The molecule has 0 bridgehead atoms. The molecule has 32 heavy (non-hydrogen) atoms. The van der Waals surface area contributed by atoms with Gasteiger partial charge >= 0.3 is 0 Å². The molecule has 0 aliphatic rings. The molecule has 6 heteroatoms. The first-order valence-electron chi connectivity index (χ1n) is 11.2. The normalized spacial score (nSPS) is 11.0. The summed E-state index contributed by atoms with van der Waals surface area (Å²) in [5.74, 6) is 2.02. The number of aryl methyl sites for hydroxylation is 3. The maximum atomic E-state index is 12.1. The van der Waals surface area contributed by atoms with Crippen molar-refractivity contribution in [3.63, 3.8) is 0 Å². The van der Waals surface area contributed by atoms with Crippen LogP contribution in [0, 0.1) is 6.92 Å². The summed E-state index contributed by atoms with van der Waals surface area (Å²) < 4.78 is 8.21. The minimum absolute atomic E-state index is 0.00196. The van der Waals surface area contributed by atoms with E-state index in [4.69, 9.17) is 9.72 Å². The van der Waals surface area contributed by atoms with Gasteiger partial charge < -0.3 is 14.6 Å². The predicted octanol–water partition coefficient (Wildman–Crippen LogP) is 5.63. The monoisotopic (exact) mass is 447 g/mol. The average Bonchev–Trinajstić information content (AvgIpc) is 3.45. The number of unbranched alkanes of at least 4 members (excludes halogenated alkanes) is 1. The number of fused-ring (bicyclic) bond motifs is 1. The van der Waals surface area contributed by atoms with Crippen LogP contribution in [0.15, 0.2) is 66.0 Å². The van der Waals surface area contributed by atoms with Crippen LogP contribution < -0.4 is 10.1 Å². The van der Waals surface area contributed by atoms with Crippen LogP contribution in [-0.4, -0.2) is 28.6 Å². The van der Waals surface area contributed by atoms with Crippen LogP contribution in [-0.2, 0) is 13.0 Å². The Morgan fingerprint density at radius 2 is 1.97 bits per heavy atom. The lowest BCUT2D eigenvalue weighted by molar-refractivity contribution is 0.0957. The Morgan fingerprint density at radius 3 is 2.81 bits per heavy atom. The van der Waals surface area contributed by atoms with Gasteiger partial charge in [0.05, 0.1) is 22.5 Å². The third-order valence-corrected chi connectivity index (χ3v) is 6.24. The Kier molecular flexibility index (Phi) is 7.56. The Bertz CT molecular complexity index is 1150. The van der Waals surface area contributed by atoms with Crippen molar-refractivity contribution in [1.82, 2.24) is 14.9 Å². The number of carbonyl (C=O) groups excluding carboxylic acids is 1. The summed E-state index contributed by atoms with van der Waals surface area (Å²) in [5.41, 5.74) is 3.41. The molecule has 4 rings (SSSR count). The number of hydrogen-bond acceptors (Lipinski definition) is 4. The Morgan fingerprint density at radius 1 is 1.06 bits per heavy atom. The van der Waals surface area contributed by atoms with Gasteiger partial charge in [0.1, 0.15) is 11.6 Å². The van der Waals surface area contributed by atoms with E-state index >= 15 is 0 Å². The molecule has 0 saturated carbocycles. The first kappa shape index (κ1) is 22.1. The third kappa shape index (κ3) is 5.77. The summed E-state index contributed by atoms with van der Waals surface area (Å²) in [4.78, 5) is 17.7. The van der Waals surface area contributed by atoms with E-state index in [9.17, 15) is 4.79 Å². The van der Waals surface area contributed by atoms with Gasteiger partial charge in [0.25, 0.3) is 5.91 Å². The molecule has 0 radical (unpaired) electrons. The maximum Gasteiger partial charge on any atom is 0.261 e. The lowest BCUT2D eigenvalue weighted by Gasteiger charge is -2.11. The van der Waals surface area contributed by atoms with E-state index in [1.54, 1.807) is 0 Å². The van der Waals surface area contributed by atoms with Gasteiger partial charge in [-0.2, -0.15) is 0 Å². The molecule has 4 aromatic rings. The van der Waals surface area contributed by atoms with Gasteiger partial charge in [-0.15, -0.1) is 11.3 Å². The fourth-order valence-electron chi connectivity index (χ4n) is 3.78. The zero-order valence-electron chi connectivity index (χ0n) is 18.4. The third-order valence-electron chi connectivity index (χ3n) is 5.38. The van der Waals surface area contributed by atoms with Gasteiger partial charge in [-0.3, -0.25) is 4.79 Å². The number of imidazole rings is 1. The first-order chi connectivity index (χ1) is 15.7. The zero-order chi connectivity index (χ0) is 22.2. The number of amides is 1. The first-order valence-corrected chi connectivity index (χ1v) is 12.0. The highest BCUT2D eigenvalue weighted by atomic mass is 32.1.